The van der Waals surface area contributed by atoms with Crippen molar-refractivity contribution in [2.24, 2.45) is 36.1 Å². The summed E-state index contributed by atoms with van der Waals surface area (Å²) in [5.74, 6) is -6.46. The highest BCUT2D eigenvalue weighted by Crippen LogP contribution is 2.64. The fourth-order valence-corrected chi connectivity index (χ4v) is 11.7. The molecule has 4 amide bonds. The number of morpholine rings is 1. The van der Waals surface area contributed by atoms with Crippen molar-refractivity contribution in [2.45, 2.75) is 32.6 Å². The van der Waals surface area contributed by atoms with Gasteiger partial charge in [-0.25, -0.2) is 9.29 Å². The van der Waals surface area contributed by atoms with Gasteiger partial charge in [0, 0.05) is 47.5 Å². The molecule has 0 spiro atoms. The zero-order valence-electron chi connectivity index (χ0n) is 31.9. The lowest BCUT2D eigenvalue weighted by molar-refractivity contribution is -0.131. The fourth-order valence-electron chi connectivity index (χ4n) is 10.4. The van der Waals surface area contributed by atoms with Crippen LogP contribution in [0.15, 0.2) is 78.4 Å². The van der Waals surface area contributed by atoms with Gasteiger partial charge in [0.2, 0.25) is 23.6 Å². The first-order valence-electron chi connectivity index (χ1n) is 19.5. The number of halogens is 2. The quantitative estimate of drug-likeness (QED) is 0.144. The lowest BCUT2D eigenvalue weighted by atomic mass is 9.51. The molecule has 3 saturated heterocycles. The summed E-state index contributed by atoms with van der Waals surface area (Å²) in [6.07, 6.45) is 2.32. The molecule has 14 heteroatoms. The van der Waals surface area contributed by atoms with E-state index in [0.717, 1.165) is 44.9 Å². The van der Waals surface area contributed by atoms with E-state index in [-0.39, 0.29) is 24.7 Å². The average molecular weight is 820 g/mol. The van der Waals surface area contributed by atoms with Crippen molar-refractivity contribution in [3.8, 4) is 16.3 Å². The van der Waals surface area contributed by atoms with Crippen LogP contribution in [0.4, 0.5) is 21.6 Å². The first-order chi connectivity index (χ1) is 27.9. The van der Waals surface area contributed by atoms with Crippen molar-refractivity contribution in [2.75, 3.05) is 41.0 Å². The van der Waals surface area contributed by atoms with Gasteiger partial charge in [0.1, 0.15) is 11.5 Å². The number of benzene rings is 3. The van der Waals surface area contributed by atoms with Crippen LogP contribution in [0, 0.1) is 41.8 Å². The van der Waals surface area contributed by atoms with Gasteiger partial charge in [-0.2, -0.15) is 5.10 Å². The first kappa shape index (κ1) is 36.9. The smallest absolute Gasteiger partial charge is 0.242 e. The number of allylic oxidation sites excluding steroid dienone is 2. The summed E-state index contributed by atoms with van der Waals surface area (Å²) in [6.45, 7) is 6.48. The van der Waals surface area contributed by atoms with Crippen LogP contribution in [0.3, 0.4) is 0 Å². The van der Waals surface area contributed by atoms with Crippen molar-refractivity contribution in [3.63, 3.8) is 0 Å². The molecule has 5 aromatic rings. The van der Waals surface area contributed by atoms with E-state index in [0.29, 0.717) is 41.0 Å². The van der Waals surface area contributed by atoms with Crippen LogP contribution >= 0.6 is 22.9 Å². The van der Waals surface area contributed by atoms with E-state index < -0.39 is 58.4 Å². The number of rotatable bonds is 5. The minimum Gasteiger partial charge on any atom is -0.505 e. The molecule has 1 N–H and O–H groups in total. The summed E-state index contributed by atoms with van der Waals surface area (Å²) >= 11 is 7.86. The number of fused-ring (bicyclic) bond motifs is 5. The topological polar surface area (TPSA) is 125 Å². The molecule has 2 aromatic heterocycles. The van der Waals surface area contributed by atoms with Crippen molar-refractivity contribution in [3.05, 3.63) is 100 Å². The third-order valence-electron chi connectivity index (χ3n) is 13.3. The number of nitrogens with zero attached hydrogens (tertiary/aromatic N) is 5. The van der Waals surface area contributed by atoms with Gasteiger partial charge in [0.15, 0.2) is 11.6 Å². The van der Waals surface area contributed by atoms with E-state index in [2.05, 4.69) is 4.90 Å². The normalized spacial score (nSPS) is 27.0. The predicted molar refractivity (Wildman–Crippen MR) is 218 cm³/mol. The van der Waals surface area contributed by atoms with Gasteiger partial charge in [-0.3, -0.25) is 28.8 Å². The van der Waals surface area contributed by atoms with Crippen LogP contribution in [-0.2, 0) is 31.0 Å². The van der Waals surface area contributed by atoms with Gasteiger partial charge in [-0.05, 0) is 104 Å². The Bertz CT molecular complexity index is 2630. The second kappa shape index (κ2) is 13.3. The van der Waals surface area contributed by atoms with E-state index in [9.17, 15) is 19.5 Å². The maximum absolute atomic E-state index is 15.2. The highest BCUT2D eigenvalue weighted by molar-refractivity contribution is 7.22. The molecular weight excluding hydrogens is 781 g/mol. The van der Waals surface area contributed by atoms with Crippen LogP contribution in [0.25, 0.3) is 20.7 Å². The van der Waals surface area contributed by atoms with Gasteiger partial charge in [-0.15, -0.1) is 11.3 Å². The van der Waals surface area contributed by atoms with Crippen LogP contribution < -0.4 is 14.7 Å². The maximum Gasteiger partial charge on any atom is 0.242 e. The zero-order valence-corrected chi connectivity index (χ0v) is 33.5. The third-order valence-corrected chi connectivity index (χ3v) is 14.8. The molecule has 0 radical (unpaired) electrons. The molecule has 296 valence electrons. The molecule has 58 heavy (non-hydrogen) atoms. The number of ether oxygens (including phenoxy) is 1. The third kappa shape index (κ3) is 5.28. The number of thiophene rings is 1. The van der Waals surface area contributed by atoms with Gasteiger partial charge >= 0.3 is 0 Å². The standard InChI is InChI=1S/C44H39ClFN5O6S/c1-22-29-19-24(45)5-13-35(29)58-39(22)33-21-36(48(3)47-33)51-41(54)31-20-30-27(38(44(31,2)43(51)56)23-4-12-34(52)32(46)18-23)10-11-28-37(30)42(55)50(40(28)53)26-8-6-25(7-9-26)49-14-16-57-17-15-49/h4-10,12-13,18-19,21,28,30-31,37-38,52H,11,14-17,20H2,1-3H3/t28-,30+,31-,37-,38-,44+/m0/s1. The number of amides is 4. The van der Waals surface area contributed by atoms with E-state index in [4.69, 9.17) is 21.4 Å². The first-order valence-corrected chi connectivity index (χ1v) is 20.7. The minimum atomic E-state index is -1.40. The lowest BCUT2D eigenvalue weighted by Gasteiger charge is -2.49. The molecule has 5 aliphatic rings. The van der Waals surface area contributed by atoms with Crippen molar-refractivity contribution < 1.29 is 33.4 Å². The number of carbonyl (C=O) groups excluding carboxylic acids is 4. The fraction of sp³-hybridized carbons (Fsp3) is 0.341. The molecule has 1 saturated carbocycles. The molecule has 6 atom stereocenters. The molecule has 3 aliphatic heterocycles. The summed E-state index contributed by atoms with van der Waals surface area (Å²) in [5, 5.41) is 16.6. The van der Waals surface area contributed by atoms with Crippen LogP contribution in [-0.4, -0.2) is 64.8 Å². The highest BCUT2D eigenvalue weighted by atomic mass is 35.5. The van der Waals surface area contributed by atoms with Gasteiger partial charge in [0.05, 0.1) is 46.9 Å². The molecule has 11 nitrogen and oxygen atoms in total. The number of phenols is 1. The number of aromatic hydroxyl groups is 1. The minimum absolute atomic E-state index is 0.144. The highest BCUT2D eigenvalue weighted by Gasteiger charge is 2.68. The number of imide groups is 2. The maximum atomic E-state index is 15.2. The molecule has 3 aromatic carbocycles. The number of aryl methyl sites for hydroxylation is 2. The number of hydrogen-bond acceptors (Lipinski definition) is 9. The summed E-state index contributed by atoms with van der Waals surface area (Å²) in [4.78, 5) is 64.3. The number of hydrogen-bond donors (Lipinski definition) is 1. The van der Waals surface area contributed by atoms with E-state index in [1.54, 1.807) is 49.6 Å². The summed E-state index contributed by atoms with van der Waals surface area (Å²) < 4.78 is 23.3. The Morgan fingerprint density at radius 3 is 2.40 bits per heavy atom. The summed E-state index contributed by atoms with van der Waals surface area (Å²) in [7, 11) is 1.69. The largest absolute Gasteiger partial charge is 0.505 e. The lowest BCUT2D eigenvalue weighted by Crippen LogP contribution is -2.49. The van der Waals surface area contributed by atoms with Gasteiger partial charge in [-0.1, -0.05) is 29.3 Å². The Labute approximate surface area is 342 Å². The molecule has 0 bridgehead atoms. The Hall–Kier alpha value is -5.37. The van der Waals surface area contributed by atoms with Gasteiger partial charge < -0.3 is 14.7 Å². The Kier molecular flexibility index (Phi) is 8.49. The summed E-state index contributed by atoms with van der Waals surface area (Å²) in [5.41, 5.74) is 2.75. The molecule has 10 rings (SSSR count). The van der Waals surface area contributed by atoms with Crippen molar-refractivity contribution in [1.29, 1.82) is 0 Å². The van der Waals surface area contributed by atoms with E-state index in [1.165, 1.54) is 26.6 Å². The Balaban J connectivity index is 1.03. The second-order valence-electron chi connectivity index (χ2n) is 16.2. The molecule has 2 aliphatic carbocycles. The molecule has 0 unspecified atom stereocenters. The van der Waals surface area contributed by atoms with Crippen molar-refractivity contribution in [1.82, 2.24) is 9.78 Å². The van der Waals surface area contributed by atoms with Gasteiger partial charge in [0.25, 0.3) is 0 Å². The second-order valence-corrected chi connectivity index (χ2v) is 17.7. The SMILES string of the molecule is Cc1c(-c2cc(N3C(=O)[C@@H]4C[C@@H]5C(=CC[C@@H]6C(=O)N(c7ccc(N8CCOCC8)cc7)C(=O)[C@@H]65)[C@H](c5ccc(O)c(F)c5)[C@]4(C)C3=O)n(C)n2)sc2ccc(Cl)cc12. The van der Waals surface area contributed by atoms with Crippen LogP contribution in [0.5, 0.6) is 5.75 Å². The van der Waals surface area contributed by atoms with Crippen molar-refractivity contribution >= 4 is 73.8 Å². The molecular formula is C44H39ClFN5O6S. The Morgan fingerprint density at radius 2 is 1.66 bits per heavy atom. The zero-order chi connectivity index (χ0) is 40.4. The number of anilines is 3. The number of aromatic nitrogens is 2. The number of carbonyl (C=O) groups is 4. The van der Waals surface area contributed by atoms with Crippen LogP contribution in [0.1, 0.15) is 36.8 Å². The number of phenolic OH excluding ortho intramolecular Hbond substituents is 1. The predicted octanol–water partition coefficient (Wildman–Crippen LogP) is 7.38. The Morgan fingerprint density at radius 1 is 0.914 bits per heavy atom. The monoisotopic (exact) mass is 819 g/mol. The molecule has 5 heterocycles. The van der Waals surface area contributed by atoms with E-state index in [1.807, 2.05) is 43.3 Å². The average Bonchev–Trinajstić information content (AvgIpc) is 3.89. The summed E-state index contributed by atoms with van der Waals surface area (Å²) in [6, 6.07) is 18.9. The van der Waals surface area contributed by atoms with E-state index >= 15 is 9.18 Å². The molecule has 4 fully saturated rings. The van der Waals surface area contributed by atoms with Crippen LogP contribution in [0.2, 0.25) is 5.02 Å².